The molecule has 1 atom stereocenters. The minimum Gasteiger partial charge on any atom is -0.290 e. The first-order valence-corrected chi connectivity index (χ1v) is 9.83. The SMILES string of the molecule is Cc1ccc(CN2CCCC2c2nnn3cc(-c4ccncc4)ccc23)cc1. The highest BCUT2D eigenvalue weighted by molar-refractivity contribution is 5.65. The van der Waals surface area contributed by atoms with Gasteiger partial charge in [0.15, 0.2) is 0 Å². The van der Waals surface area contributed by atoms with Crippen molar-refractivity contribution in [3.8, 4) is 11.1 Å². The van der Waals surface area contributed by atoms with E-state index in [0.717, 1.165) is 41.8 Å². The quantitative estimate of drug-likeness (QED) is 0.534. The summed E-state index contributed by atoms with van der Waals surface area (Å²) in [5, 5.41) is 9.00. The van der Waals surface area contributed by atoms with Crippen LogP contribution in [0.1, 0.15) is 35.7 Å². The van der Waals surface area contributed by atoms with E-state index >= 15 is 0 Å². The highest BCUT2D eigenvalue weighted by Crippen LogP contribution is 2.34. The summed E-state index contributed by atoms with van der Waals surface area (Å²) in [5.74, 6) is 0. The third-order valence-electron chi connectivity index (χ3n) is 5.64. The van der Waals surface area contributed by atoms with E-state index in [1.54, 1.807) is 0 Å². The van der Waals surface area contributed by atoms with Crippen LogP contribution in [0.2, 0.25) is 0 Å². The summed E-state index contributed by atoms with van der Waals surface area (Å²) in [4.78, 5) is 6.63. The number of nitrogens with zero attached hydrogens (tertiary/aromatic N) is 5. The number of aryl methyl sites for hydroxylation is 1. The fourth-order valence-electron chi connectivity index (χ4n) is 4.12. The second kappa shape index (κ2) is 7.17. The highest BCUT2D eigenvalue weighted by atomic mass is 15.4. The molecule has 1 fully saturated rings. The van der Waals surface area contributed by atoms with Crippen LogP contribution in [0.4, 0.5) is 0 Å². The van der Waals surface area contributed by atoms with Gasteiger partial charge in [0.25, 0.3) is 0 Å². The minimum absolute atomic E-state index is 0.325. The van der Waals surface area contributed by atoms with Crippen LogP contribution in [0.5, 0.6) is 0 Å². The van der Waals surface area contributed by atoms with Gasteiger partial charge in [-0.05, 0) is 55.6 Å². The summed E-state index contributed by atoms with van der Waals surface area (Å²) in [7, 11) is 0. The number of likely N-dealkylation sites (tertiary alicyclic amines) is 1. The number of pyridine rings is 2. The van der Waals surface area contributed by atoms with E-state index in [1.807, 2.05) is 29.0 Å². The second-order valence-electron chi connectivity index (χ2n) is 7.57. The van der Waals surface area contributed by atoms with Crippen molar-refractivity contribution < 1.29 is 0 Å². The number of aromatic nitrogens is 4. The maximum absolute atomic E-state index is 4.58. The third-order valence-corrected chi connectivity index (χ3v) is 5.64. The van der Waals surface area contributed by atoms with E-state index < -0.39 is 0 Å². The molecule has 0 bridgehead atoms. The smallest absolute Gasteiger partial charge is 0.108 e. The lowest BCUT2D eigenvalue weighted by Crippen LogP contribution is -2.23. The molecule has 28 heavy (non-hydrogen) atoms. The minimum atomic E-state index is 0.325. The zero-order valence-electron chi connectivity index (χ0n) is 16.0. The van der Waals surface area contributed by atoms with Crippen LogP contribution < -0.4 is 0 Å². The number of rotatable bonds is 4. The van der Waals surface area contributed by atoms with Crippen molar-refractivity contribution in [2.45, 2.75) is 32.4 Å². The van der Waals surface area contributed by atoms with Gasteiger partial charge in [0, 0.05) is 30.7 Å². The fraction of sp³-hybridized carbons (Fsp3) is 0.261. The largest absolute Gasteiger partial charge is 0.290 e. The zero-order valence-corrected chi connectivity index (χ0v) is 16.0. The molecule has 1 saturated heterocycles. The van der Waals surface area contributed by atoms with Crippen LogP contribution in [0.15, 0.2) is 67.1 Å². The highest BCUT2D eigenvalue weighted by Gasteiger charge is 2.29. The average Bonchev–Trinajstić information content (AvgIpc) is 3.36. The molecule has 0 aliphatic carbocycles. The number of benzene rings is 1. The molecule has 4 heterocycles. The van der Waals surface area contributed by atoms with Gasteiger partial charge in [0.1, 0.15) is 5.69 Å². The number of hydrogen-bond donors (Lipinski definition) is 0. The molecular weight excluding hydrogens is 346 g/mol. The monoisotopic (exact) mass is 369 g/mol. The molecule has 3 aromatic heterocycles. The molecule has 140 valence electrons. The van der Waals surface area contributed by atoms with E-state index in [-0.39, 0.29) is 0 Å². The van der Waals surface area contributed by atoms with Crippen molar-refractivity contribution in [2.75, 3.05) is 6.54 Å². The fourth-order valence-corrected chi connectivity index (χ4v) is 4.12. The summed E-state index contributed by atoms with van der Waals surface area (Å²) >= 11 is 0. The maximum atomic E-state index is 4.58. The lowest BCUT2D eigenvalue weighted by molar-refractivity contribution is 0.245. The molecule has 1 aliphatic heterocycles. The molecule has 1 unspecified atom stereocenters. The topological polar surface area (TPSA) is 46.3 Å². The van der Waals surface area contributed by atoms with Gasteiger partial charge in [-0.25, -0.2) is 4.52 Å². The molecule has 5 nitrogen and oxygen atoms in total. The maximum Gasteiger partial charge on any atom is 0.108 e. The van der Waals surface area contributed by atoms with Crippen molar-refractivity contribution in [3.05, 3.63) is 83.9 Å². The van der Waals surface area contributed by atoms with Crippen molar-refractivity contribution in [1.82, 2.24) is 24.7 Å². The molecule has 5 rings (SSSR count). The predicted octanol–water partition coefficient (Wildman–Crippen LogP) is 4.44. The van der Waals surface area contributed by atoms with E-state index in [4.69, 9.17) is 0 Å². The molecule has 5 heteroatoms. The van der Waals surface area contributed by atoms with Gasteiger partial charge in [0.05, 0.1) is 11.6 Å². The van der Waals surface area contributed by atoms with Crippen molar-refractivity contribution in [3.63, 3.8) is 0 Å². The molecule has 0 amide bonds. The summed E-state index contributed by atoms with van der Waals surface area (Å²) in [6.45, 7) is 4.19. The van der Waals surface area contributed by atoms with Crippen molar-refractivity contribution in [1.29, 1.82) is 0 Å². The normalized spacial score (nSPS) is 17.4. The predicted molar refractivity (Wildman–Crippen MR) is 110 cm³/mol. The molecule has 0 N–H and O–H groups in total. The third kappa shape index (κ3) is 3.18. The molecule has 0 saturated carbocycles. The standard InChI is InChI=1S/C23H23N5/c1-17-4-6-18(7-5-17)15-27-14-2-3-21(27)23-22-9-8-20(16-28(22)26-25-23)19-10-12-24-13-11-19/h4-13,16,21H,2-3,14-15H2,1H3. The summed E-state index contributed by atoms with van der Waals surface area (Å²) in [5.41, 5.74) is 7.10. The van der Waals surface area contributed by atoms with Crippen molar-refractivity contribution >= 4 is 5.52 Å². The van der Waals surface area contributed by atoms with Gasteiger partial charge >= 0.3 is 0 Å². The van der Waals surface area contributed by atoms with E-state index in [9.17, 15) is 0 Å². The lowest BCUT2D eigenvalue weighted by atomic mass is 10.1. The lowest BCUT2D eigenvalue weighted by Gasteiger charge is -2.23. The van der Waals surface area contributed by atoms with Gasteiger partial charge in [0.2, 0.25) is 0 Å². The molecular formula is C23H23N5. The van der Waals surface area contributed by atoms with Gasteiger partial charge in [-0.1, -0.05) is 41.1 Å². The molecule has 4 aromatic rings. The van der Waals surface area contributed by atoms with E-state index in [0.29, 0.717) is 6.04 Å². The first-order chi connectivity index (χ1) is 13.8. The molecule has 0 spiro atoms. The Morgan fingerprint density at radius 2 is 1.79 bits per heavy atom. The van der Waals surface area contributed by atoms with Crippen LogP contribution in [0.25, 0.3) is 16.6 Å². The Morgan fingerprint density at radius 3 is 2.61 bits per heavy atom. The summed E-state index contributed by atoms with van der Waals surface area (Å²) in [6.07, 6.45) is 8.01. The first-order valence-electron chi connectivity index (χ1n) is 9.83. The second-order valence-corrected chi connectivity index (χ2v) is 7.57. The van der Waals surface area contributed by atoms with Gasteiger partial charge in [-0.3, -0.25) is 9.88 Å². The molecule has 1 aliphatic rings. The Hall–Kier alpha value is -3.05. The van der Waals surface area contributed by atoms with Gasteiger partial charge in [-0.15, -0.1) is 5.10 Å². The number of fused-ring (bicyclic) bond motifs is 1. The van der Waals surface area contributed by atoms with Gasteiger partial charge < -0.3 is 0 Å². The zero-order chi connectivity index (χ0) is 18.9. The van der Waals surface area contributed by atoms with E-state index in [1.165, 1.54) is 17.5 Å². The number of hydrogen-bond acceptors (Lipinski definition) is 4. The van der Waals surface area contributed by atoms with Crippen LogP contribution in [0, 0.1) is 6.92 Å². The Morgan fingerprint density at radius 1 is 0.964 bits per heavy atom. The van der Waals surface area contributed by atoms with E-state index in [2.05, 4.69) is 69.7 Å². The summed E-state index contributed by atoms with van der Waals surface area (Å²) in [6, 6.07) is 17.5. The Labute approximate surface area is 164 Å². The van der Waals surface area contributed by atoms with Crippen LogP contribution in [0.3, 0.4) is 0 Å². The molecule has 0 radical (unpaired) electrons. The van der Waals surface area contributed by atoms with Crippen molar-refractivity contribution in [2.24, 2.45) is 0 Å². The average molecular weight is 369 g/mol. The molecule has 1 aromatic carbocycles. The Balaban J connectivity index is 1.44. The Bertz CT molecular complexity index is 1090. The first kappa shape index (κ1) is 17.1. The van der Waals surface area contributed by atoms with Crippen LogP contribution in [-0.4, -0.2) is 31.3 Å². The van der Waals surface area contributed by atoms with Crippen LogP contribution >= 0.6 is 0 Å². The van der Waals surface area contributed by atoms with Gasteiger partial charge in [-0.2, -0.15) is 0 Å². The Kier molecular flexibility index (Phi) is 4.37. The van der Waals surface area contributed by atoms with Crippen LogP contribution in [-0.2, 0) is 6.54 Å². The summed E-state index contributed by atoms with van der Waals surface area (Å²) < 4.78 is 1.91.